The summed E-state index contributed by atoms with van der Waals surface area (Å²) < 4.78 is 7.76. The number of para-hydroxylation sites is 1. The minimum Gasteiger partial charge on any atom is -0.472 e. The summed E-state index contributed by atoms with van der Waals surface area (Å²) in [6.07, 6.45) is 4.99. The summed E-state index contributed by atoms with van der Waals surface area (Å²) in [5.74, 6) is 1.14. The molecule has 0 bridgehead atoms. The van der Waals surface area contributed by atoms with Crippen molar-refractivity contribution in [2.75, 3.05) is 18.5 Å². The van der Waals surface area contributed by atoms with Gasteiger partial charge in [-0.25, -0.2) is 19.6 Å². The third-order valence-electron chi connectivity index (χ3n) is 4.56. The van der Waals surface area contributed by atoms with Crippen molar-refractivity contribution < 1.29 is 9.84 Å². The van der Waals surface area contributed by atoms with Crippen LogP contribution in [0.25, 0.3) is 16.7 Å². The fraction of sp³-hybridized carbons (Fsp3) is 0.238. The van der Waals surface area contributed by atoms with E-state index in [0.29, 0.717) is 34.9 Å². The normalized spacial score (nSPS) is 12.1. The van der Waals surface area contributed by atoms with E-state index in [2.05, 4.69) is 25.4 Å². The number of rotatable bonds is 8. The third kappa shape index (κ3) is 4.34. The number of aliphatic hydroxyl groups is 1. The van der Waals surface area contributed by atoms with Gasteiger partial charge in [0.25, 0.3) is 0 Å². The lowest BCUT2D eigenvalue weighted by Crippen LogP contribution is -2.28. The number of halogens is 1. The van der Waals surface area contributed by atoms with Crippen LogP contribution in [0.2, 0.25) is 5.02 Å². The van der Waals surface area contributed by atoms with E-state index in [1.807, 2.05) is 37.3 Å². The summed E-state index contributed by atoms with van der Waals surface area (Å²) in [4.78, 5) is 13.0. The second-order valence-electron chi connectivity index (χ2n) is 6.78. The Labute approximate surface area is 178 Å². The van der Waals surface area contributed by atoms with Crippen molar-refractivity contribution in [1.29, 1.82) is 0 Å². The minimum atomic E-state index is -0.320. The number of aryl methyl sites for hydroxylation is 1. The minimum absolute atomic E-state index is 0.0131. The fourth-order valence-electron chi connectivity index (χ4n) is 3.01. The van der Waals surface area contributed by atoms with Crippen LogP contribution < -0.4 is 10.1 Å². The molecular formula is C21H21ClN6O2. The number of ether oxygens (including phenoxy) is 1. The molecule has 4 rings (SSSR count). The molecule has 30 heavy (non-hydrogen) atoms. The first kappa shape index (κ1) is 20.1. The lowest BCUT2D eigenvalue weighted by atomic mass is 10.2. The van der Waals surface area contributed by atoms with Gasteiger partial charge >= 0.3 is 0 Å². The van der Waals surface area contributed by atoms with Crippen molar-refractivity contribution in [3.8, 4) is 11.6 Å². The monoisotopic (exact) mass is 424 g/mol. The molecule has 2 N–H and O–H groups in total. The molecule has 9 heteroatoms. The molecule has 3 aromatic heterocycles. The SMILES string of the molecule is Cc1ccc(NCC(CCO)Oc2ncnc3c2cnn3-c2ccccc2Cl)nc1. The maximum atomic E-state index is 9.46. The van der Waals surface area contributed by atoms with Gasteiger partial charge in [0.05, 0.1) is 23.5 Å². The van der Waals surface area contributed by atoms with Crippen molar-refractivity contribution in [2.45, 2.75) is 19.4 Å². The zero-order valence-corrected chi connectivity index (χ0v) is 17.1. The van der Waals surface area contributed by atoms with Crippen molar-refractivity contribution in [3.63, 3.8) is 0 Å². The Morgan fingerprint density at radius 2 is 2.00 bits per heavy atom. The zero-order chi connectivity index (χ0) is 20.9. The van der Waals surface area contributed by atoms with Crippen LogP contribution >= 0.6 is 11.6 Å². The van der Waals surface area contributed by atoms with E-state index in [1.165, 1.54) is 6.33 Å². The molecule has 0 aliphatic carbocycles. The average Bonchev–Trinajstić information content (AvgIpc) is 3.19. The zero-order valence-electron chi connectivity index (χ0n) is 16.4. The Kier molecular flexibility index (Phi) is 6.06. The second-order valence-corrected chi connectivity index (χ2v) is 7.18. The first-order chi connectivity index (χ1) is 14.7. The molecule has 3 heterocycles. The van der Waals surface area contributed by atoms with Gasteiger partial charge in [-0.05, 0) is 30.7 Å². The summed E-state index contributed by atoms with van der Waals surface area (Å²) >= 11 is 6.31. The molecule has 0 fully saturated rings. The summed E-state index contributed by atoms with van der Waals surface area (Å²) in [7, 11) is 0. The number of pyridine rings is 1. The van der Waals surface area contributed by atoms with Crippen LogP contribution in [0.1, 0.15) is 12.0 Å². The Morgan fingerprint density at radius 3 is 2.77 bits per heavy atom. The van der Waals surface area contributed by atoms with Crippen molar-refractivity contribution in [2.24, 2.45) is 0 Å². The maximum absolute atomic E-state index is 9.46. The van der Waals surface area contributed by atoms with Crippen molar-refractivity contribution in [3.05, 3.63) is 65.7 Å². The van der Waals surface area contributed by atoms with E-state index < -0.39 is 0 Å². The van der Waals surface area contributed by atoms with Crippen LogP contribution in [-0.4, -0.2) is 49.1 Å². The molecule has 0 aliphatic heterocycles. The highest BCUT2D eigenvalue weighted by molar-refractivity contribution is 6.32. The van der Waals surface area contributed by atoms with Gasteiger partial charge in [0.2, 0.25) is 5.88 Å². The summed E-state index contributed by atoms with van der Waals surface area (Å²) in [5, 5.41) is 18.3. The van der Waals surface area contributed by atoms with Crippen molar-refractivity contribution in [1.82, 2.24) is 24.7 Å². The van der Waals surface area contributed by atoms with E-state index in [1.54, 1.807) is 23.1 Å². The van der Waals surface area contributed by atoms with Crippen LogP contribution in [0.3, 0.4) is 0 Å². The van der Waals surface area contributed by atoms with Crippen LogP contribution in [-0.2, 0) is 0 Å². The number of fused-ring (bicyclic) bond motifs is 1. The van der Waals surface area contributed by atoms with Gasteiger partial charge in [-0.1, -0.05) is 29.8 Å². The number of nitrogens with zero attached hydrogens (tertiary/aromatic N) is 5. The van der Waals surface area contributed by atoms with Gasteiger partial charge in [-0.2, -0.15) is 5.10 Å². The molecule has 8 nitrogen and oxygen atoms in total. The lowest BCUT2D eigenvalue weighted by Gasteiger charge is -2.19. The Hall–Kier alpha value is -3.23. The van der Waals surface area contributed by atoms with Crippen LogP contribution in [0.15, 0.2) is 55.1 Å². The highest BCUT2D eigenvalue weighted by atomic mass is 35.5. The van der Waals surface area contributed by atoms with Crippen LogP contribution in [0.5, 0.6) is 5.88 Å². The first-order valence-electron chi connectivity index (χ1n) is 9.53. The number of hydrogen-bond donors (Lipinski definition) is 2. The summed E-state index contributed by atoms with van der Waals surface area (Å²) in [6.45, 7) is 2.43. The number of hydrogen-bond acceptors (Lipinski definition) is 7. The molecule has 1 atom stereocenters. The Balaban J connectivity index is 1.57. The average molecular weight is 425 g/mol. The first-order valence-corrected chi connectivity index (χ1v) is 9.91. The molecule has 0 aliphatic rings. The molecule has 154 valence electrons. The fourth-order valence-corrected chi connectivity index (χ4v) is 3.23. The van der Waals surface area contributed by atoms with E-state index in [4.69, 9.17) is 16.3 Å². The quantitative estimate of drug-likeness (QED) is 0.447. The lowest BCUT2D eigenvalue weighted by molar-refractivity contribution is 0.160. The van der Waals surface area contributed by atoms with Gasteiger partial charge < -0.3 is 15.2 Å². The van der Waals surface area contributed by atoms with Crippen LogP contribution in [0.4, 0.5) is 5.82 Å². The number of nitrogens with one attached hydrogen (secondary N) is 1. The Bertz CT molecular complexity index is 1130. The Morgan fingerprint density at radius 1 is 1.13 bits per heavy atom. The second kappa shape index (κ2) is 9.06. The smallest absolute Gasteiger partial charge is 0.228 e. The van der Waals surface area contributed by atoms with E-state index >= 15 is 0 Å². The summed E-state index contributed by atoms with van der Waals surface area (Å²) in [6, 6.07) is 11.3. The van der Waals surface area contributed by atoms with Gasteiger partial charge in [-0.3, -0.25) is 0 Å². The molecule has 0 amide bonds. The van der Waals surface area contributed by atoms with E-state index in [0.717, 1.165) is 17.1 Å². The molecule has 1 aromatic carbocycles. The van der Waals surface area contributed by atoms with Gasteiger partial charge in [0, 0.05) is 19.2 Å². The molecular weight excluding hydrogens is 404 g/mol. The van der Waals surface area contributed by atoms with E-state index in [-0.39, 0.29) is 12.7 Å². The summed E-state index contributed by atoms with van der Waals surface area (Å²) in [5.41, 5.74) is 2.39. The molecule has 4 aromatic rings. The number of anilines is 1. The standard InChI is InChI=1S/C21H21ClN6O2/c1-14-6-7-19(23-10-14)24-11-15(8-9-29)30-21-16-12-27-28(20(16)25-13-26-21)18-5-3-2-4-17(18)22/h2-7,10,12-13,15,29H,8-9,11H2,1H3,(H,23,24). The highest BCUT2D eigenvalue weighted by Crippen LogP contribution is 2.27. The number of benzene rings is 1. The number of aliphatic hydroxyl groups excluding tert-OH is 1. The molecule has 0 saturated carbocycles. The van der Waals surface area contributed by atoms with E-state index in [9.17, 15) is 5.11 Å². The highest BCUT2D eigenvalue weighted by Gasteiger charge is 2.17. The van der Waals surface area contributed by atoms with Gasteiger partial charge in [0.1, 0.15) is 23.6 Å². The van der Waals surface area contributed by atoms with Crippen molar-refractivity contribution >= 4 is 28.5 Å². The maximum Gasteiger partial charge on any atom is 0.228 e. The predicted molar refractivity (Wildman–Crippen MR) is 115 cm³/mol. The van der Waals surface area contributed by atoms with Gasteiger partial charge in [0.15, 0.2) is 5.65 Å². The topological polar surface area (TPSA) is 98.0 Å². The predicted octanol–water partition coefficient (Wildman–Crippen LogP) is 3.41. The van der Waals surface area contributed by atoms with Crippen LogP contribution in [0, 0.1) is 6.92 Å². The third-order valence-corrected chi connectivity index (χ3v) is 4.88. The molecule has 0 radical (unpaired) electrons. The van der Waals surface area contributed by atoms with Gasteiger partial charge in [-0.15, -0.1) is 0 Å². The molecule has 0 spiro atoms. The molecule has 1 unspecified atom stereocenters. The molecule has 0 saturated heterocycles. The number of aromatic nitrogens is 5. The largest absolute Gasteiger partial charge is 0.472 e.